The standard InChI is InChI=1S/C21H26N6OS.C3H8/c1-4-19(25-22)27-21-18(12-23-27)17(15-6-5-7-16(10-15)29-3)11-20(24-21)26-8-9-28-13-14(26)2;1-3-2/h4-7,10-12,14,25H,8-9,13,22H2,1-3H3;3H2,1-2H3/b19-4+;. The number of benzene rings is 1. The number of hydrogen-bond acceptors (Lipinski definition) is 7. The van der Waals surface area contributed by atoms with E-state index in [1.807, 2.05) is 19.2 Å². The second-order valence-corrected chi connectivity index (χ2v) is 8.58. The Morgan fingerprint density at radius 3 is 2.78 bits per heavy atom. The Bertz CT molecular complexity index is 1060. The molecule has 0 radical (unpaired) electrons. The topological polar surface area (TPSA) is 81.2 Å². The lowest BCUT2D eigenvalue weighted by atomic mass is 10.0. The van der Waals surface area contributed by atoms with Gasteiger partial charge in [0, 0.05) is 16.8 Å². The van der Waals surface area contributed by atoms with Gasteiger partial charge in [-0.3, -0.25) is 0 Å². The summed E-state index contributed by atoms with van der Waals surface area (Å²) in [6, 6.07) is 11.0. The first-order valence-electron chi connectivity index (χ1n) is 11.1. The number of ether oxygens (including phenoxy) is 1. The minimum absolute atomic E-state index is 0.254. The third kappa shape index (κ3) is 5.09. The highest BCUT2D eigenvalue weighted by molar-refractivity contribution is 7.98. The van der Waals surface area contributed by atoms with Gasteiger partial charge in [0.15, 0.2) is 5.65 Å². The number of hydrogen-bond donors (Lipinski definition) is 2. The Morgan fingerprint density at radius 2 is 2.12 bits per heavy atom. The molecule has 1 aromatic carbocycles. The number of rotatable bonds is 5. The lowest BCUT2D eigenvalue weighted by Crippen LogP contribution is -2.44. The van der Waals surface area contributed by atoms with E-state index in [9.17, 15) is 0 Å². The fourth-order valence-corrected chi connectivity index (χ4v) is 4.13. The molecule has 2 aromatic heterocycles. The maximum atomic E-state index is 5.72. The van der Waals surface area contributed by atoms with Crippen molar-refractivity contribution in [3.8, 4) is 11.1 Å². The Morgan fingerprint density at radius 1 is 1.34 bits per heavy atom. The van der Waals surface area contributed by atoms with E-state index in [1.54, 1.807) is 16.4 Å². The van der Waals surface area contributed by atoms with Crippen LogP contribution in [0.25, 0.3) is 28.0 Å². The number of allylic oxidation sites excluding steroid dienone is 1. The van der Waals surface area contributed by atoms with E-state index in [0.29, 0.717) is 19.0 Å². The molecule has 8 heteroatoms. The highest BCUT2D eigenvalue weighted by atomic mass is 32.2. The number of anilines is 1. The van der Waals surface area contributed by atoms with Crippen LogP contribution in [0.5, 0.6) is 0 Å². The van der Waals surface area contributed by atoms with Gasteiger partial charge in [0.2, 0.25) is 0 Å². The summed E-state index contributed by atoms with van der Waals surface area (Å²) in [4.78, 5) is 8.50. The van der Waals surface area contributed by atoms with Crippen LogP contribution < -0.4 is 16.2 Å². The number of nitrogens with one attached hydrogen (secondary N) is 1. The van der Waals surface area contributed by atoms with Crippen molar-refractivity contribution < 1.29 is 4.74 Å². The summed E-state index contributed by atoms with van der Waals surface area (Å²) in [5.41, 5.74) is 5.75. The van der Waals surface area contributed by atoms with Crippen LogP contribution in [0.15, 0.2) is 47.5 Å². The molecule has 1 fully saturated rings. The number of aromatic nitrogens is 3. The van der Waals surface area contributed by atoms with Gasteiger partial charge in [0.1, 0.15) is 11.6 Å². The molecule has 32 heavy (non-hydrogen) atoms. The Hall–Kier alpha value is -2.55. The second-order valence-electron chi connectivity index (χ2n) is 7.70. The summed E-state index contributed by atoms with van der Waals surface area (Å²) >= 11 is 1.73. The first-order valence-corrected chi connectivity index (χ1v) is 12.3. The molecule has 0 bridgehead atoms. The molecule has 1 saturated heterocycles. The van der Waals surface area contributed by atoms with Crippen molar-refractivity contribution in [2.45, 2.75) is 45.1 Å². The van der Waals surface area contributed by atoms with E-state index in [-0.39, 0.29) is 6.04 Å². The molecular weight excluding hydrogens is 420 g/mol. The van der Waals surface area contributed by atoms with Gasteiger partial charge in [-0.05, 0) is 55.5 Å². The van der Waals surface area contributed by atoms with Crippen molar-refractivity contribution in [2.75, 3.05) is 30.9 Å². The third-order valence-electron chi connectivity index (χ3n) is 5.22. The highest BCUT2D eigenvalue weighted by Gasteiger charge is 2.23. The quantitative estimate of drug-likeness (QED) is 0.327. The van der Waals surface area contributed by atoms with Gasteiger partial charge in [-0.25, -0.2) is 10.8 Å². The van der Waals surface area contributed by atoms with Crippen LogP contribution >= 0.6 is 11.8 Å². The van der Waals surface area contributed by atoms with E-state index >= 15 is 0 Å². The van der Waals surface area contributed by atoms with Crippen molar-refractivity contribution in [3.63, 3.8) is 0 Å². The van der Waals surface area contributed by atoms with Crippen LogP contribution in [-0.4, -0.2) is 46.8 Å². The van der Waals surface area contributed by atoms with Crippen LogP contribution in [0.1, 0.15) is 34.1 Å². The molecule has 0 spiro atoms. The van der Waals surface area contributed by atoms with E-state index in [1.165, 1.54) is 11.3 Å². The largest absolute Gasteiger partial charge is 0.377 e. The smallest absolute Gasteiger partial charge is 0.167 e. The van der Waals surface area contributed by atoms with Crippen LogP contribution in [0, 0.1) is 0 Å². The monoisotopic (exact) mass is 454 g/mol. The molecule has 0 aliphatic carbocycles. The van der Waals surface area contributed by atoms with Crippen LogP contribution in [0.4, 0.5) is 5.82 Å². The van der Waals surface area contributed by atoms with E-state index < -0.39 is 0 Å². The molecule has 1 unspecified atom stereocenters. The van der Waals surface area contributed by atoms with Crippen molar-refractivity contribution in [2.24, 2.45) is 5.84 Å². The summed E-state index contributed by atoms with van der Waals surface area (Å²) in [6.45, 7) is 10.5. The maximum absolute atomic E-state index is 5.72. The lowest BCUT2D eigenvalue weighted by molar-refractivity contribution is 0.0986. The zero-order chi connectivity index (χ0) is 23.1. The Kier molecular flexibility index (Phi) is 8.55. The van der Waals surface area contributed by atoms with Crippen molar-refractivity contribution in [1.82, 2.24) is 20.2 Å². The molecule has 3 aromatic rings. The predicted octanol–water partition coefficient (Wildman–Crippen LogP) is 4.74. The average Bonchev–Trinajstić information content (AvgIpc) is 3.24. The molecule has 0 saturated carbocycles. The van der Waals surface area contributed by atoms with Gasteiger partial charge in [0.25, 0.3) is 0 Å². The molecule has 172 valence electrons. The van der Waals surface area contributed by atoms with E-state index in [2.05, 4.69) is 72.8 Å². The second kappa shape index (κ2) is 11.4. The zero-order valence-electron chi connectivity index (χ0n) is 19.6. The van der Waals surface area contributed by atoms with Gasteiger partial charge in [-0.2, -0.15) is 9.78 Å². The molecule has 1 aliphatic rings. The number of nitrogens with zero attached hydrogens (tertiary/aromatic N) is 4. The number of fused-ring (bicyclic) bond motifs is 1. The summed E-state index contributed by atoms with van der Waals surface area (Å²) in [6.07, 6.45) is 7.08. The molecule has 4 rings (SSSR count). The maximum Gasteiger partial charge on any atom is 0.167 e. The van der Waals surface area contributed by atoms with Crippen molar-refractivity contribution >= 4 is 34.4 Å². The summed E-state index contributed by atoms with van der Waals surface area (Å²) < 4.78 is 7.38. The fourth-order valence-electron chi connectivity index (χ4n) is 3.67. The molecule has 3 N–H and O–H groups in total. The fraction of sp³-hybridized carbons (Fsp3) is 0.417. The number of hydrazine groups is 1. The van der Waals surface area contributed by atoms with Crippen molar-refractivity contribution in [3.05, 3.63) is 42.6 Å². The number of pyridine rings is 1. The molecular formula is C24H34N6OS. The lowest BCUT2D eigenvalue weighted by Gasteiger charge is -2.34. The Balaban J connectivity index is 0.000000913. The number of nitrogens with two attached hydrogens (primary N) is 1. The summed E-state index contributed by atoms with van der Waals surface area (Å²) in [5, 5.41) is 5.55. The minimum atomic E-state index is 0.254. The van der Waals surface area contributed by atoms with Gasteiger partial charge >= 0.3 is 0 Å². The molecule has 1 aliphatic heterocycles. The SMILES string of the molecule is C/C=C(\NN)n1ncc2c(-c3cccc(SC)c3)cc(N3CCOCC3C)nc21.CCC. The van der Waals surface area contributed by atoms with Gasteiger partial charge in [-0.1, -0.05) is 32.4 Å². The first kappa shape index (κ1) is 24.1. The molecule has 7 nitrogen and oxygen atoms in total. The number of morpholine rings is 1. The summed E-state index contributed by atoms with van der Waals surface area (Å²) in [7, 11) is 0. The zero-order valence-corrected chi connectivity index (χ0v) is 20.4. The van der Waals surface area contributed by atoms with Gasteiger partial charge in [0.05, 0.1) is 25.5 Å². The van der Waals surface area contributed by atoms with Gasteiger partial charge in [-0.15, -0.1) is 11.8 Å². The first-order chi connectivity index (χ1) is 15.6. The number of thioether (sulfide) groups is 1. The van der Waals surface area contributed by atoms with Crippen molar-refractivity contribution in [1.29, 1.82) is 0 Å². The van der Waals surface area contributed by atoms with Gasteiger partial charge < -0.3 is 15.1 Å². The minimum Gasteiger partial charge on any atom is -0.377 e. The van der Waals surface area contributed by atoms with Crippen LogP contribution in [0.2, 0.25) is 0 Å². The Labute approximate surface area is 195 Å². The predicted molar refractivity (Wildman–Crippen MR) is 136 cm³/mol. The van der Waals surface area contributed by atoms with Crippen LogP contribution in [-0.2, 0) is 4.74 Å². The highest BCUT2D eigenvalue weighted by Crippen LogP contribution is 2.34. The van der Waals surface area contributed by atoms with E-state index in [0.717, 1.165) is 34.5 Å². The van der Waals surface area contributed by atoms with E-state index in [4.69, 9.17) is 15.6 Å². The normalized spacial score (nSPS) is 16.6. The third-order valence-corrected chi connectivity index (χ3v) is 5.95. The van der Waals surface area contributed by atoms with Crippen LogP contribution in [0.3, 0.4) is 0 Å². The molecule has 3 heterocycles. The summed E-state index contributed by atoms with van der Waals surface area (Å²) in [5.74, 6) is 7.33. The molecule has 1 atom stereocenters. The molecule has 0 amide bonds. The average molecular weight is 455 g/mol.